The van der Waals surface area contributed by atoms with E-state index in [4.69, 9.17) is 0 Å². The summed E-state index contributed by atoms with van der Waals surface area (Å²) in [5, 5.41) is 2.85. The van der Waals surface area contributed by atoms with Gasteiger partial charge in [0, 0.05) is 0 Å². The van der Waals surface area contributed by atoms with Crippen LogP contribution in [0.2, 0.25) is 0 Å². The second-order valence-electron chi connectivity index (χ2n) is 8.11. The first-order chi connectivity index (χ1) is 10.9. The van der Waals surface area contributed by atoms with Crippen LogP contribution < -0.4 is 24.8 Å². The molecular weight excluding hydrogens is 438 g/mol. The molecule has 1 aliphatic carbocycles. The first-order valence-electron chi connectivity index (χ1n) is 8.76. The maximum atomic E-state index is 2.43. The molecule has 3 heteroatoms. The van der Waals surface area contributed by atoms with E-state index in [1.54, 1.807) is 11.1 Å². The molecule has 135 valence electrons. The predicted molar refractivity (Wildman–Crippen MR) is 100 cm³/mol. The Labute approximate surface area is 189 Å². The Bertz CT molecular complexity index is 883. The van der Waals surface area contributed by atoms with Crippen LogP contribution in [0.25, 0.3) is 21.9 Å². The summed E-state index contributed by atoms with van der Waals surface area (Å²) in [6.07, 6.45) is 3.77. The zero-order chi connectivity index (χ0) is 16.2. The Morgan fingerprint density at radius 1 is 0.923 bits per heavy atom. The van der Waals surface area contributed by atoms with E-state index in [1.165, 1.54) is 52.3 Å². The van der Waals surface area contributed by atoms with E-state index in [0.29, 0.717) is 0 Å². The van der Waals surface area contributed by atoms with Crippen molar-refractivity contribution in [1.82, 2.24) is 0 Å². The molecule has 0 atom stereocenters. The van der Waals surface area contributed by atoms with Gasteiger partial charge in [0.05, 0.1) is 0 Å². The standard InChI is InChI=1S/C23H25.2ClH.Zr/c1-15-12-18-14-17-6-5-7-20(17)22(21(18)13-15)16-8-10-19(11-9-16)23(2,3)4;;;/h8-14H,5-7H2,1-4H3;2*1H;/q-1;;;+3/p-2. The fourth-order valence-electron chi connectivity index (χ4n) is 4.04. The zero-order valence-corrected chi connectivity index (χ0v) is 19.9. The summed E-state index contributed by atoms with van der Waals surface area (Å²) in [5.74, 6) is 0. The number of benzene rings is 2. The molecule has 3 aromatic rings. The van der Waals surface area contributed by atoms with Gasteiger partial charge >= 0.3 is 26.2 Å². The third-order valence-electron chi connectivity index (χ3n) is 5.27. The number of hydrogen-bond donors (Lipinski definition) is 0. The second kappa shape index (κ2) is 8.68. The summed E-state index contributed by atoms with van der Waals surface area (Å²) < 4.78 is 0. The van der Waals surface area contributed by atoms with Crippen molar-refractivity contribution in [3.8, 4) is 11.1 Å². The number of aryl methyl sites for hydroxylation is 2. The van der Waals surface area contributed by atoms with Crippen molar-refractivity contribution in [3.63, 3.8) is 0 Å². The molecule has 0 unspecified atom stereocenters. The normalized spacial score (nSPS) is 12.8. The summed E-state index contributed by atoms with van der Waals surface area (Å²) in [6.45, 7) is 9.04. The molecule has 0 saturated heterocycles. The van der Waals surface area contributed by atoms with Crippen LogP contribution in [-0.4, -0.2) is 0 Å². The van der Waals surface area contributed by atoms with E-state index in [1.807, 2.05) is 0 Å². The molecule has 1 radical (unpaired) electrons. The van der Waals surface area contributed by atoms with Gasteiger partial charge in [-0.15, -0.1) is 28.5 Å². The molecular formula is C23H25Cl2Zr. The molecule has 1 aliphatic rings. The quantitative estimate of drug-likeness (QED) is 0.457. The fraction of sp³-hybridized carbons (Fsp3) is 0.348. The fourth-order valence-corrected chi connectivity index (χ4v) is 4.04. The van der Waals surface area contributed by atoms with Gasteiger partial charge in [-0.2, -0.15) is 6.07 Å². The van der Waals surface area contributed by atoms with Crippen molar-refractivity contribution in [2.24, 2.45) is 0 Å². The Morgan fingerprint density at radius 2 is 1.58 bits per heavy atom. The zero-order valence-electron chi connectivity index (χ0n) is 15.9. The Balaban J connectivity index is 0.00000113. The number of fused-ring (bicyclic) bond motifs is 2. The number of rotatable bonds is 1. The van der Waals surface area contributed by atoms with E-state index < -0.39 is 0 Å². The average molecular weight is 464 g/mol. The van der Waals surface area contributed by atoms with E-state index in [0.717, 1.165) is 0 Å². The first kappa shape index (κ1) is 23.6. The number of halogens is 2. The Morgan fingerprint density at radius 3 is 2.19 bits per heavy atom. The monoisotopic (exact) mass is 461 g/mol. The molecule has 0 heterocycles. The van der Waals surface area contributed by atoms with Crippen LogP contribution in [0.15, 0.2) is 42.5 Å². The maximum absolute atomic E-state index is 2.43. The van der Waals surface area contributed by atoms with Gasteiger partial charge in [0.25, 0.3) is 0 Å². The maximum Gasteiger partial charge on any atom is 3.00 e. The van der Waals surface area contributed by atoms with E-state index in [9.17, 15) is 0 Å². The summed E-state index contributed by atoms with van der Waals surface area (Å²) in [6, 6.07) is 16.4. The van der Waals surface area contributed by atoms with Gasteiger partial charge in [-0.05, 0) is 35.8 Å². The molecule has 0 saturated carbocycles. The minimum Gasteiger partial charge on any atom is -1.00 e. The van der Waals surface area contributed by atoms with Gasteiger partial charge in [-0.1, -0.05) is 68.7 Å². The Hall–Kier alpha value is -0.487. The van der Waals surface area contributed by atoms with Crippen molar-refractivity contribution in [3.05, 3.63) is 64.7 Å². The van der Waals surface area contributed by atoms with Crippen LogP contribution in [0.4, 0.5) is 0 Å². The molecule has 0 fully saturated rings. The van der Waals surface area contributed by atoms with Crippen LogP contribution in [0.5, 0.6) is 0 Å². The predicted octanol–water partition coefficient (Wildman–Crippen LogP) is 0.326. The van der Waals surface area contributed by atoms with Crippen molar-refractivity contribution in [2.75, 3.05) is 0 Å². The molecule has 0 aliphatic heterocycles. The van der Waals surface area contributed by atoms with Gasteiger partial charge in [0.2, 0.25) is 0 Å². The molecule has 0 spiro atoms. The van der Waals surface area contributed by atoms with Gasteiger partial charge in [-0.25, -0.2) is 0 Å². The topological polar surface area (TPSA) is 0 Å². The molecule has 26 heavy (non-hydrogen) atoms. The van der Waals surface area contributed by atoms with Crippen molar-refractivity contribution >= 4 is 10.8 Å². The van der Waals surface area contributed by atoms with Crippen LogP contribution in [0.3, 0.4) is 0 Å². The van der Waals surface area contributed by atoms with Crippen LogP contribution >= 0.6 is 0 Å². The molecule has 0 bridgehead atoms. The van der Waals surface area contributed by atoms with Crippen molar-refractivity contribution in [1.29, 1.82) is 0 Å². The Kier molecular flexibility index (Phi) is 7.86. The minimum absolute atomic E-state index is 0. The largest absolute Gasteiger partial charge is 3.00 e. The molecule has 0 aromatic heterocycles. The SMILES string of the molecule is Cc1cc2c(-c3ccc(C(C)(C)C)cc3)c3c(cc2[cH-]1)CCC3.[Cl-].[Cl-].[Zr+3]. The molecule has 0 N–H and O–H groups in total. The van der Waals surface area contributed by atoms with Crippen molar-refractivity contribution < 1.29 is 51.0 Å². The van der Waals surface area contributed by atoms with Gasteiger partial charge in [-0.3, -0.25) is 0 Å². The third kappa shape index (κ3) is 4.16. The van der Waals surface area contributed by atoms with Gasteiger partial charge in [0.1, 0.15) is 0 Å². The van der Waals surface area contributed by atoms with E-state index in [2.05, 4.69) is 70.2 Å². The summed E-state index contributed by atoms with van der Waals surface area (Å²) in [5.41, 5.74) is 9.02. The van der Waals surface area contributed by atoms with Crippen LogP contribution in [0, 0.1) is 6.92 Å². The summed E-state index contributed by atoms with van der Waals surface area (Å²) in [7, 11) is 0. The average Bonchev–Trinajstić information content (AvgIpc) is 3.08. The molecule has 0 amide bonds. The minimum atomic E-state index is 0. The van der Waals surface area contributed by atoms with E-state index in [-0.39, 0.29) is 56.4 Å². The van der Waals surface area contributed by atoms with E-state index >= 15 is 0 Å². The molecule has 3 aromatic carbocycles. The summed E-state index contributed by atoms with van der Waals surface area (Å²) in [4.78, 5) is 0. The summed E-state index contributed by atoms with van der Waals surface area (Å²) >= 11 is 0. The van der Waals surface area contributed by atoms with Gasteiger partial charge < -0.3 is 24.8 Å². The second-order valence-corrected chi connectivity index (χ2v) is 8.11. The van der Waals surface area contributed by atoms with Crippen molar-refractivity contribution in [2.45, 2.75) is 52.4 Å². The molecule has 0 nitrogen and oxygen atoms in total. The smallest absolute Gasteiger partial charge is 1.00 e. The third-order valence-corrected chi connectivity index (χ3v) is 5.27. The van der Waals surface area contributed by atoms with Crippen LogP contribution in [-0.2, 0) is 44.5 Å². The van der Waals surface area contributed by atoms with Gasteiger partial charge in [0.15, 0.2) is 0 Å². The molecule has 4 rings (SSSR count). The first-order valence-corrected chi connectivity index (χ1v) is 8.76. The number of hydrogen-bond acceptors (Lipinski definition) is 0. The van der Waals surface area contributed by atoms with Crippen LogP contribution in [0.1, 0.15) is 49.4 Å².